The van der Waals surface area contributed by atoms with Crippen LogP contribution < -0.4 is 0 Å². The highest BCUT2D eigenvalue weighted by atomic mass is 32.2. The lowest BCUT2D eigenvalue weighted by Crippen LogP contribution is -2.14. The second kappa shape index (κ2) is 6.51. The van der Waals surface area contributed by atoms with Crippen molar-refractivity contribution in [1.82, 2.24) is 0 Å². The van der Waals surface area contributed by atoms with Crippen molar-refractivity contribution in [2.24, 2.45) is 0 Å². The Labute approximate surface area is 95.0 Å². The molecular formula is C12H16O2S. The first-order valence-corrected chi connectivity index (χ1v) is 6.35. The lowest BCUT2D eigenvalue weighted by atomic mass is 10.0. The van der Waals surface area contributed by atoms with Crippen molar-refractivity contribution in [1.29, 1.82) is 0 Å². The van der Waals surface area contributed by atoms with Gasteiger partial charge in [-0.3, -0.25) is 4.79 Å². The molecule has 0 spiro atoms. The highest BCUT2D eigenvalue weighted by molar-refractivity contribution is 7.98. The van der Waals surface area contributed by atoms with Crippen LogP contribution in [0.1, 0.15) is 18.4 Å². The van der Waals surface area contributed by atoms with Gasteiger partial charge in [-0.25, -0.2) is 0 Å². The number of carbonyl (C=O) groups excluding carboxylic acids is 1. The van der Waals surface area contributed by atoms with E-state index in [-0.39, 0.29) is 11.9 Å². The van der Waals surface area contributed by atoms with E-state index in [4.69, 9.17) is 4.74 Å². The van der Waals surface area contributed by atoms with Crippen LogP contribution in [0.5, 0.6) is 0 Å². The lowest BCUT2D eigenvalue weighted by molar-refractivity contribution is -0.144. The monoisotopic (exact) mass is 224 g/mol. The third kappa shape index (κ3) is 3.96. The Balaban J connectivity index is 2.46. The SMILES string of the molecule is CSCCOC(=O)C(C)c1ccccc1. The molecule has 1 unspecified atom stereocenters. The molecule has 0 saturated carbocycles. The Hall–Kier alpha value is -0.960. The summed E-state index contributed by atoms with van der Waals surface area (Å²) in [7, 11) is 0. The summed E-state index contributed by atoms with van der Waals surface area (Å²) >= 11 is 1.67. The van der Waals surface area contributed by atoms with Crippen LogP contribution in [0.15, 0.2) is 30.3 Å². The van der Waals surface area contributed by atoms with E-state index in [1.807, 2.05) is 43.5 Å². The van der Waals surface area contributed by atoms with Gasteiger partial charge in [0, 0.05) is 5.75 Å². The summed E-state index contributed by atoms with van der Waals surface area (Å²) in [5.74, 6) is 0.538. The maximum absolute atomic E-state index is 11.6. The van der Waals surface area contributed by atoms with Gasteiger partial charge < -0.3 is 4.74 Å². The molecule has 0 aliphatic heterocycles. The minimum absolute atomic E-state index is 0.143. The van der Waals surface area contributed by atoms with E-state index >= 15 is 0 Å². The molecule has 1 atom stereocenters. The van der Waals surface area contributed by atoms with Crippen LogP contribution in [-0.4, -0.2) is 24.6 Å². The van der Waals surface area contributed by atoms with Gasteiger partial charge in [-0.2, -0.15) is 11.8 Å². The predicted octanol–water partition coefficient (Wildman–Crippen LogP) is 2.70. The van der Waals surface area contributed by atoms with Crippen LogP contribution in [0.2, 0.25) is 0 Å². The van der Waals surface area contributed by atoms with Crippen molar-refractivity contribution in [2.45, 2.75) is 12.8 Å². The zero-order valence-corrected chi connectivity index (χ0v) is 9.92. The Kier molecular flexibility index (Phi) is 5.26. The Morgan fingerprint density at radius 2 is 2.07 bits per heavy atom. The summed E-state index contributed by atoms with van der Waals surface area (Å²) < 4.78 is 5.14. The van der Waals surface area contributed by atoms with Crippen LogP contribution in [-0.2, 0) is 9.53 Å². The summed E-state index contributed by atoms with van der Waals surface area (Å²) in [6, 6.07) is 9.69. The molecule has 82 valence electrons. The van der Waals surface area contributed by atoms with Gasteiger partial charge in [0.25, 0.3) is 0 Å². The minimum Gasteiger partial charge on any atom is -0.464 e. The molecule has 0 aromatic heterocycles. The molecule has 0 aliphatic carbocycles. The summed E-state index contributed by atoms with van der Waals surface area (Å²) in [5, 5.41) is 0. The van der Waals surface area contributed by atoms with E-state index in [1.165, 1.54) is 0 Å². The van der Waals surface area contributed by atoms with E-state index in [2.05, 4.69) is 0 Å². The molecule has 0 aliphatic rings. The molecule has 1 rings (SSSR count). The zero-order valence-electron chi connectivity index (χ0n) is 9.10. The van der Waals surface area contributed by atoms with Crippen molar-refractivity contribution in [3.05, 3.63) is 35.9 Å². The van der Waals surface area contributed by atoms with Crippen molar-refractivity contribution >= 4 is 17.7 Å². The van der Waals surface area contributed by atoms with E-state index in [0.29, 0.717) is 6.61 Å². The number of ether oxygens (including phenoxy) is 1. The van der Waals surface area contributed by atoms with E-state index in [0.717, 1.165) is 11.3 Å². The number of esters is 1. The fourth-order valence-corrected chi connectivity index (χ4v) is 1.48. The summed E-state index contributed by atoms with van der Waals surface area (Å²) in [4.78, 5) is 11.6. The average Bonchev–Trinajstić information content (AvgIpc) is 2.29. The molecule has 0 fully saturated rings. The maximum atomic E-state index is 11.6. The lowest BCUT2D eigenvalue weighted by Gasteiger charge is -2.11. The van der Waals surface area contributed by atoms with Gasteiger partial charge in [0.05, 0.1) is 5.92 Å². The average molecular weight is 224 g/mol. The van der Waals surface area contributed by atoms with Crippen molar-refractivity contribution in [2.75, 3.05) is 18.6 Å². The Bertz CT molecular complexity index is 298. The van der Waals surface area contributed by atoms with Gasteiger partial charge in [-0.05, 0) is 18.7 Å². The fraction of sp³-hybridized carbons (Fsp3) is 0.417. The van der Waals surface area contributed by atoms with Crippen LogP contribution >= 0.6 is 11.8 Å². The molecule has 2 nitrogen and oxygen atoms in total. The summed E-state index contributed by atoms with van der Waals surface area (Å²) in [5.41, 5.74) is 1.01. The molecule has 1 aromatic carbocycles. The number of hydrogen-bond acceptors (Lipinski definition) is 3. The van der Waals surface area contributed by atoms with Crippen LogP contribution in [0.25, 0.3) is 0 Å². The molecule has 0 N–H and O–H groups in total. The third-order valence-electron chi connectivity index (χ3n) is 2.18. The summed E-state index contributed by atoms with van der Waals surface area (Å²) in [6.07, 6.45) is 1.99. The number of thioether (sulfide) groups is 1. The molecule has 1 aromatic rings. The molecule has 0 heterocycles. The largest absolute Gasteiger partial charge is 0.464 e. The van der Waals surface area contributed by atoms with Crippen molar-refractivity contribution in [3.8, 4) is 0 Å². The summed E-state index contributed by atoms with van der Waals surface area (Å²) in [6.45, 7) is 2.37. The number of carbonyl (C=O) groups is 1. The van der Waals surface area contributed by atoms with Gasteiger partial charge >= 0.3 is 5.97 Å². The van der Waals surface area contributed by atoms with E-state index < -0.39 is 0 Å². The highest BCUT2D eigenvalue weighted by Crippen LogP contribution is 2.15. The van der Waals surface area contributed by atoms with Gasteiger partial charge in [-0.15, -0.1) is 0 Å². The van der Waals surface area contributed by atoms with E-state index in [9.17, 15) is 4.79 Å². The molecule has 15 heavy (non-hydrogen) atoms. The molecule has 0 radical (unpaired) electrons. The Morgan fingerprint density at radius 3 is 2.67 bits per heavy atom. The quantitative estimate of drug-likeness (QED) is 0.568. The first kappa shape index (κ1) is 12.1. The van der Waals surface area contributed by atoms with Gasteiger partial charge in [0.1, 0.15) is 6.61 Å². The van der Waals surface area contributed by atoms with Gasteiger partial charge in [0.15, 0.2) is 0 Å². The number of rotatable bonds is 5. The van der Waals surface area contributed by atoms with Crippen molar-refractivity contribution < 1.29 is 9.53 Å². The number of hydrogen-bond donors (Lipinski definition) is 0. The first-order valence-electron chi connectivity index (χ1n) is 4.96. The Morgan fingerprint density at radius 1 is 1.40 bits per heavy atom. The topological polar surface area (TPSA) is 26.3 Å². The molecule has 0 bridgehead atoms. The highest BCUT2D eigenvalue weighted by Gasteiger charge is 2.15. The van der Waals surface area contributed by atoms with Crippen LogP contribution in [0, 0.1) is 0 Å². The number of benzene rings is 1. The zero-order chi connectivity index (χ0) is 11.1. The first-order chi connectivity index (χ1) is 7.25. The van der Waals surface area contributed by atoms with Crippen molar-refractivity contribution in [3.63, 3.8) is 0 Å². The second-order valence-corrected chi connectivity index (χ2v) is 4.28. The minimum atomic E-state index is -0.173. The second-order valence-electron chi connectivity index (χ2n) is 3.29. The molecule has 3 heteroatoms. The van der Waals surface area contributed by atoms with Crippen LogP contribution in [0.4, 0.5) is 0 Å². The fourth-order valence-electron chi connectivity index (χ4n) is 1.23. The normalized spacial score (nSPS) is 12.1. The van der Waals surface area contributed by atoms with Crippen LogP contribution in [0.3, 0.4) is 0 Å². The maximum Gasteiger partial charge on any atom is 0.313 e. The molecule has 0 amide bonds. The molecule has 0 saturated heterocycles. The smallest absolute Gasteiger partial charge is 0.313 e. The predicted molar refractivity (Wildman–Crippen MR) is 64.2 cm³/mol. The molecular weight excluding hydrogens is 208 g/mol. The van der Waals surface area contributed by atoms with E-state index in [1.54, 1.807) is 11.8 Å². The third-order valence-corrected chi connectivity index (χ3v) is 2.76. The standard InChI is InChI=1S/C12H16O2S/c1-10(11-6-4-3-5-7-11)12(13)14-8-9-15-2/h3-7,10H,8-9H2,1-2H3. The van der Waals surface area contributed by atoms with Gasteiger partial charge in [-0.1, -0.05) is 30.3 Å². The van der Waals surface area contributed by atoms with Gasteiger partial charge in [0.2, 0.25) is 0 Å².